The molecule has 0 aromatic heterocycles. The lowest BCUT2D eigenvalue weighted by molar-refractivity contribution is -0.114. The number of amides is 1. The summed E-state index contributed by atoms with van der Waals surface area (Å²) in [5.74, 6) is -0.360. The molecule has 1 amide bonds. The number of rotatable bonds is 7. The van der Waals surface area contributed by atoms with Gasteiger partial charge in [0.05, 0.1) is 19.3 Å². The number of carbonyl (C=O) groups excluding carboxylic acids is 1. The van der Waals surface area contributed by atoms with Crippen molar-refractivity contribution in [3.8, 4) is 0 Å². The fraction of sp³-hybridized carbons (Fsp3) is 0.750. The van der Waals surface area contributed by atoms with Gasteiger partial charge < -0.3 is 15.2 Å². The molecule has 1 saturated heterocycles. The van der Waals surface area contributed by atoms with Crippen molar-refractivity contribution < 1.29 is 14.3 Å². The highest BCUT2D eigenvalue weighted by atomic mass is 16.6. The molecule has 1 fully saturated rings. The number of hydrogen-bond acceptors (Lipinski definition) is 3. The Bertz CT molecular complexity index is 282. The molecule has 4 heteroatoms. The van der Waals surface area contributed by atoms with Gasteiger partial charge in [-0.3, -0.25) is 4.79 Å². The van der Waals surface area contributed by atoms with Crippen LogP contribution in [0.15, 0.2) is 11.1 Å². The minimum atomic E-state index is -0.360. The SMILES string of the molecule is CCC(=C(C)C(N)=O)C(CC)OCC1CO1. The second-order valence-electron chi connectivity index (χ2n) is 4.05. The number of epoxide rings is 1. The van der Waals surface area contributed by atoms with Crippen LogP contribution in [0.2, 0.25) is 0 Å². The second-order valence-corrected chi connectivity index (χ2v) is 4.05. The van der Waals surface area contributed by atoms with E-state index in [1.54, 1.807) is 6.92 Å². The minimum absolute atomic E-state index is 0.0123. The van der Waals surface area contributed by atoms with E-state index in [0.717, 1.165) is 25.0 Å². The lowest BCUT2D eigenvalue weighted by atomic mass is 9.99. The maximum atomic E-state index is 11.2. The molecule has 16 heavy (non-hydrogen) atoms. The van der Waals surface area contributed by atoms with Crippen LogP contribution in [0.1, 0.15) is 33.6 Å². The lowest BCUT2D eigenvalue weighted by Crippen LogP contribution is -2.23. The summed E-state index contributed by atoms with van der Waals surface area (Å²) in [6.45, 7) is 7.22. The zero-order chi connectivity index (χ0) is 12.1. The first-order chi connectivity index (χ1) is 7.60. The standard InChI is InChI=1S/C12H21NO3/c1-4-10(8(3)12(13)14)11(5-2)16-7-9-6-15-9/h9,11H,4-7H2,1-3H3,(H2,13,14). The zero-order valence-electron chi connectivity index (χ0n) is 10.3. The van der Waals surface area contributed by atoms with Crippen LogP contribution in [0.5, 0.6) is 0 Å². The van der Waals surface area contributed by atoms with E-state index in [-0.39, 0.29) is 18.1 Å². The van der Waals surface area contributed by atoms with Gasteiger partial charge in [-0.15, -0.1) is 0 Å². The van der Waals surface area contributed by atoms with Crippen molar-refractivity contribution >= 4 is 5.91 Å². The Balaban J connectivity index is 2.65. The highest BCUT2D eigenvalue weighted by Crippen LogP contribution is 2.20. The first-order valence-corrected chi connectivity index (χ1v) is 5.82. The average molecular weight is 227 g/mol. The van der Waals surface area contributed by atoms with Gasteiger partial charge in [0, 0.05) is 5.57 Å². The second kappa shape index (κ2) is 6.01. The van der Waals surface area contributed by atoms with Gasteiger partial charge in [-0.2, -0.15) is 0 Å². The monoisotopic (exact) mass is 227 g/mol. The number of nitrogens with two attached hydrogens (primary N) is 1. The van der Waals surface area contributed by atoms with E-state index in [1.807, 2.05) is 13.8 Å². The summed E-state index contributed by atoms with van der Waals surface area (Å²) in [4.78, 5) is 11.2. The van der Waals surface area contributed by atoms with Crippen molar-refractivity contribution in [2.24, 2.45) is 5.73 Å². The minimum Gasteiger partial charge on any atom is -0.371 e. The molecule has 2 atom stereocenters. The van der Waals surface area contributed by atoms with Crippen molar-refractivity contribution in [3.63, 3.8) is 0 Å². The van der Waals surface area contributed by atoms with Crippen LogP contribution in [-0.4, -0.2) is 31.3 Å². The van der Waals surface area contributed by atoms with Crippen LogP contribution in [0.4, 0.5) is 0 Å². The third-order valence-electron chi connectivity index (χ3n) is 2.88. The van der Waals surface area contributed by atoms with Crippen molar-refractivity contribution in [3.05, 3.63) is 11.1 Å². The Labute approximate surface area is 96.8 Å². The van der Waals surface area contributed by atoms with Crippen molar-refractivity contribution in [1.29, 1.82) is 0 Å². The summed E-state index contributed by atoms with van der Waals surface area (Å²) in [5.41, 5.74) is 6.94. The molecular weight excluding hydrogens is 206 g/mol. The molecule has 0 aromatic carbocycles. The van der Waals surface area contributed by atoms with Gasteiger partial charge in [0.15, 0.2) is 0 Å². The Morgan fingerprint density at radius 3 is 2.56 bits per heavy atom. The number of ether oxygens (including phenoxy) is 2. The fourth-order valence-corrected chi connectivity index (χ4v) is 1.75. The summed E-state index contributed by atoms with van der Waals surface area (Å²) < 4.78 is 10.8. The molecule has 0 spiro atoms. The smallest absolute Gasteiger partial charge is 0.244 e. The molecule has 0 aliphatic carbocycles. The van der Waals surface area contributed by atoms with E-state index < -0.39 is 0 Å². The first-order valence-electron chi connectivity index (χ1n) is 5.82. The van der Waals surface area contributed by atoms with Crippen LogP contribution in [0.25, 0.3) is 0 Å². The topological polar surface area (TPSA) is 64.9 Å². The average Bonchev–Trinajstić information content (AvgIpc) is 3.07. The van der Waals surface area contributed by atoms with Crippen molar-refractivity contribution in [1.82, 2.24) is 0 Å². The Hall–Kier alpha value is -0.870. The van der Waals surface area contributed by atoms with Crippen LogP contribution >= 0.6 is 0 Å². The molecule has 2 N–H and O–H groups in total. The number of primary amides is 1. The van der Waals surface area contributed by atoms with E-state index in [1.165, 1.54) is 0 Å². The van der Waals surface area contributed by atoms with E-state index in [0.29, 0.717) is 12.2 Å². The predicted molar refractivity (Wildman–Crippen MR) is 62.0 cm³/mol. The van der Waals surface area contributed by atoms with Gasteiger partial charge in [-0.05, 0) is 25.3 Å². The molecule has 1 rings (SSSR count). The van der Waals surface area contributed by atoms with Gasteiger partial charge in [-0.25, -0.2) is 0 Å². The van der Waals surface area contributed by atoms with Gasteiger partial charge in [-0.1, -0.05) is 13.8 Å². The lowest BCUT2D eigenvalue weighted by Gasteiger charge is -2.20. The van der Waals surface area contributed by atoms with E-state index in [4.69, 9.17) is 15.2 Å². The molecule has 2 unspecified atom stereocenters. The molecule has 1 aliphatic heterocycles. The molecule has 4 nitrogen and oxygen atoms in total. The maximum Gasteiger partial charge on any atom is 0.244 e. The Kier molecular flexibility index (Phi) is 4.96. The van der Waals surface area contributed by atoms with Crippen LogP contribution in [0, 0.1) is 0 Å². The molecule has 0 bridgehead atoms. The zero-order valence-corrected chi connectivity index (χ0v) is 10.3. The predicted octanol–water partition coefficient (Wildman–Crippen LogP) is 1.39. The van der Waals surface area contributed by atoms with Gasteiger partial charge >= 0.3 is 0 Å². The largest absolute Gasteiger partial charge is 0.371 e. The van der Waals surface area contributed by atoms with Crippen molar-refractivity contribution in [2.45, 2.75) is 45.8 Å². The van der Waals surface area contributed by atoms with Gasteiger partial charge in [0.2, 0.25) is 5.91 Å². The molecule has 0 radical (unpaired) electrons. The third kappa shape index (κ3) is 3.61. The molecule has 92 valence electrons. The van der Waals surface area contributed by atoms with Crippen molar-refractivity contribution in [2.75, 3.05) is 13.2 Å². The summed E-state index contributed by atoms with van der Waals surface area (Å²) in [6.07, 6.45) is 1.88. The van der Waals surface area contributed by atoms with E-state index in [2.05, 4.69) is 0 Å². The van der Waals surface area contributed by atoms with Gasteiger partial charge in [0.1, 0.15) is 6.10 Å². The highest BCUT2D eigenvalue weighted by molar-refractivity contribution is 5.92. The summed E-state index contributed by atoms with van der Waals surface area (Å²) in [6, 6.07) is 0. The van der Waals surface area contributed by atoms with E-state index >= 15 is 0 Å². The summed E-state index contributed by atoms with van der Waals surface area (Å²) in [7, 11) is 0. The number of hydrogen-bond donors (Lipinski definition) is 1. The highest BCUT2D eigenvalue weighted by Gasteiger charge is 2.25. The molecule has 0 aromatic rings. The first kappa shape index (κ1) is 13.2. The quantitative estimate of drug-likeness (QED) is 0.528. The van der Waals surface area contributed by atoms with E-state index in [9.17, 15) is 4.79 Å². The molecule has 1 aliphatic rings. The molecule has 1 heterocycles. The summed E-state index contributed by atoms with van der Waals surface area (Å²) in [5, 5.41) is 0. The Morgan fingerprint density at radius 1 is 1.56 bits per heavy atom. The summed E-state index contributed by atoms with van der Waals surface area (Å²) >= 11 is 0. The Morgan fingerprint density at radius 2 is 2.19 bits per heavy atom. The maximum absolute atomic E-state index is 11.2. The van der Waals surface area contributed by atoms with Gasteiger partial charge in [0.25, 0.3) is 0 Å². The number of carbonyl (C=O) groups is 1. The normalized spacial score (nSPS) is 22.6. The third-order valence-corrected chi connectivity index (χ3v) is 2.88. The van der Waals surface area contributed by atoms with Crippen LogP contribution in [0.3, 0.4) is 0 Å². The van der Waals surface area contributed by atoms with Crippen LogP contribution < -0.4 is 5.73 Å². The molecular formula is C12H21NO3. The fourth-order valence-electron chi connectivity index (χ4n) is 1.75. The molecule has 0 saturated carbocycles. The van der Waals surface area contributed by atoms with Crippen LogP contribution in [-0.2, 0) is 14.3 Å².